The zero-order valence-electron chi connectivity index (χ0n) is 16.9. The van der Waals surface area contributed by atoms with Gasteiger partial charge in [0.05, 0.1) is 11.8 Å². The van der Waals surface area contributed by atoms with Crippen LogP contribution >= 0.6 is 11.6 Å². The number of nitrogens with zero attached hydrogens (tertiary/aromatic N) is 3. The quantitative estimate of drug-likeness (QED) is 0.707. The van der Waals surface area contributed by atoms with E-state index in [-0.39, 0.29) is 42.5 Å². The molecular formula is C22H28ClN3O3. The number of carbonyl (C=O) groups is 3. The van der Waals surface area contributed by atoms with Gasteiger partial charge in [0.2, 0.25) is 17.7 Å². The molecule has 1 saturated carbocycles. The minimum Gasteiger partial charge on any atom is -0.368 e. The summed E-state index contributed by atoms with van der Waals surface area (Å²) in [5, 5.41) is 0.713. The van der Waals surface area contributed by atoms with Gasteiger partial charge in [0.15, 0.2) is 0 Å². The SMILES string of the molecule is Cc1ccc(Cl)cc1N1CCN(C(=O)CCN2C(=O)[C@@H]3CCCC[C@H]3C2=O)CC1. The first-order valence-corrected chi connectivity index (χ1v) is 11.0. The van der Waals surface area contributed by atoms with Crippen molar-refractivity contribution in [2.45, 2.75) is 39.0 Å². The summed E-state index contributed by atoms with van der Waals surface area (Å²) < 4.78 is 0. The Hall–Kier alpha value is -2.08. The molecule has 3 fully saturated rings. The number of anilines is 1. The van der Waals surface area contributed by atoms with E-state index in [4.69, 9.17) is 11.6 Å². The predicted molar refractivity (Wildman–Crippen MR) is 112 cm³/mol. The molecule has 0 N–H and O–H groups in total. The highest BCUT2D eigenvalue weighted by Crippen LogP contribution is 2.38. The topological polar surface area (TPSA) is 60.9 Å². The summed E-state index contributed by atoms with van der Waals surface area (Å²) in [6.07, 6.45) is 3.87. The van der Waals surface area contributed by atoms with Crippen molar-refractivity contribution in [2.24, 2.45) is 11.8 Å². The lowest BCUT2D eigenvalue weighted by Crippen LogP contribution is -2.49. The molecule has 0 radical (unpaired) electrons. The van der Waals surface area contributed by atoms with Crippen molar-refractivity contribution in [3.63, 3.8) is 0 Å². The van der Waals surface area contributed by atoms with Crippen LogP contribution < -0.4 is 4.90 Å². The Morgan fingerprint density at radius 3 is 2.28 bits per heavy atom. The van der Waals surface area contributed by atoms with Gasteiger partial charge in [-0.05, 0) is 37.5 Å². The first-order chi connectivity index (χ1) is 14.0. The molecule has 0 unspecified atom stereocenters. The average Bonchev–Trinajstić information content (AvgIpc) is 2.98. The second-order valence-electron chi connectivity index (χ2n) is 8.37. The number of likely N-dealkylation sites (tertiary alicyclic amines) is 1. The Bertz CT molecular complexity index is 796. The number of carbonyl (C=O) groups excluding carboxylic acids is 3. The van der Waals surface area contributed by atoms with Gasteiger partial charge in [0.1, 0.15) is 0 Å². The van der Waals surface area contributed by atoms with Gasteiger partial charge >= 0.3 is 0 Å². The van der Waals surface area contributed by atoms with E-state index < -0.39 is 0 Å². The molecule has 29 heavy (non-hydrogen) atoms. The number of benzene rings is 1. The van der Waals surface area contributed by atoms with Crippen LogP contribution in [0.5, 0.6) is 0 Å². The molecule has 0 bridgehead atoms. The standard InChI is InChI=1S/C22H28ClN3O3/c1-15-6-7-16(23)14-19(15)24-10-12-25(13-11-24)20(27)8-9-26-21(28)17-4-2-3-5-18(17)22(26)29/h6-7,14,17-18H,2-5,8-13H2,1H3/t17-,18-/m1/s1. The van der Waals surface area contributed by atoms with E-state index in [9.17, 15) is 14.4 Å². The zero-order chi connectivity index (χ0) is 20.5. The van der Waals surface area contributed by atoms with Crippen molar-refractivity contribution in [3.05, 3.63) is 28.8 Å². The van der Waals surface area contributed by atoms with Crippen molar-refractivity contribution >= 4 is 35.0 Å². The maximum Gasteiger partial charge on any atom is 0.233 e. The molecule has 2 atom stereocenters. The average molecular weight is 418 g/mol. The van der Waals surface area contributed by atoms with Gasteiger partial charge in [0, 0.05) is 49.9 Å². The van der Waals surface area contributed by atoms with Crippen molar-refractivity contribution in [3.8, 4) is 0 Å². The minimum absolute atomic E-state index is 0.0166. The van der Waals surface area contributed by atoms with Crippen LogP contribution in [-0.2, 0) is 14.4 Å². The van der Waals surface area contributed by atoms with Gasteiger partial charge in [-0.15, -0.1) is 0 Å². The summed E-state index contributed by atoms with van der Waals surface area (Å²) in [5.74, 6) is -0.392. The van der Waals surface area contributed by atoms with E-state index in [1.807, 2.05) is 23.1 Å². The van der Waals surface area contributed by atoms with Gasteiger partial charge in [0.25, 0.3) is 0 Å². The third-order valence-corrected chi connectivity index (χ3v) is 6.86. The summed E-state index contributed by atoms with van der Waals surface area (Å²) >= 11 is 6.14. The molecule has 2 heterocycles. The number of hydrogen-bond acceptors (Lipinski definition) is 4. The fourth-order valence-corrected chi connectivity index (χ4v) is 5.10. The molecular weight excluding hydrogens is 390 g/mol. The van der Waals surface area contributed by atoms with E-state index >= 15 is 0 Å². The van der Waals surface area contributed by atoms with Crippen LogP contribution in [0.25, 0.3) is 0 Å². The zero-order valence-corrected chi connectivity index (χ0v) is 17.7. The van der Waals surface area contributed by atoms with Crippen molar-refractivity contribution in [2.75, 3.05) is 37.6 Å². The molecule has 156 valence electrons. The largest absolute Gasteiger partial charge is 0.368 e. The van der Waals surface area contributed by atoms with Crippen LogP contribution in [-0.4, -0.2) is 60.2 Å². The normalized spacial score (nSPS) is 24.8. The Morgan fingerprint density at radius 1 is 1.03 bits per heavy atom. The molecule has 1 aromatic rings. The number of imide groups is 1. The number of aryl methyl sites for hydroxylation is 1. The van der Waals surface area contributed by atoms with Crippen LogP contribution in [0.4, 0.5) is 5.69 Å². The van der Waals surface area contributed by atoms with Crippen LogP contribution in [0.15, 0.2) is 18.2 Å². The van der Waals surface area contributed by atoms with E-state index in [1.54, 1.807) is 0 Å². The van der Waals surface area contributed by atoms with E-state index in [0.29, 0.717) is 18.1 Å². The molecule has 2 saturated heterocycles. The monoisotopic (exact) mass is 417 g/mol. The van der Waals surface area contributed by atoms with Crippen molar-refractivity contribution in [1.82, 2.24) is 9.80 Å². The molecule has 6 nitrogen and oxygen atoms in total. The summed E-state index contributed by atoms with van der Waals surface area (Å²) in [6.45, 7) is 5.05. The van der Waals surface area contributed by atoms with Gasteiger partial charge in [-0.25, -0.2) is 0 Å². The molecule has 3 amide bonds. The number of rotatable bonds is 4. The fourth-order valence-electron chi connectivity index (χ4n) is 4.94. The second kappa shape index (κ2) is 8.34. The fraction of sp³-hybridized carbons (Fsp3) is 0.591. The summed E-state index contributed by atoms with van der Waals surface area (Å²) in [6, 6.07) is 5.87. The van der Waals surface area contributed by atoms with Crippen LogP contribution in [0.1, 0.15) is 37.7 Å². The first kappa shape index (κ1) is 20.2. The van der Waals surface area contributed by atoms with E-state index in [2.05, 4.69) is 11.8 Å². The molecule has 0 aromatic heterocycles. The maximum absolute atomic E-state index is 12.7. The highest BCUT2D eigenvalue weighted by Gasteiger charge is 2.47. The Balaban J connectivity index is 1.30. The van der Waals surface area contributed by atoms with E-state index in [1.165, 1.54) is 10.5 Å². The predicted octanol–water partition coefficient (Wildman–Crippen LogP) is 2.86. The van der Waals surface area contributed by atoms with Crippen LogP contribution in [0.2, 0.25) is 5.02 Å². The van der Waals surface area contributed by atoms with Crippen molar-refractivity contribution in [1.29, 1.82) is 0 Å². The summed E-state index contributed by atoms with van der Waals surface area (Å²) in [4.78, 5) is 43.3. The lowest BCUT2D eigenvalue weighted by Gasteiger charge is -2.37. The summed E-state index contributed by atoms with van der Waals surface area (Å²) in [7, 11) is 0. The molecule has 2 aliphatic heterocycles. The van der Waals surface area contributed by atoms with E-state index in [0.717, 1.165) is 44.5 Å². The molecule has 0 spiro atoms. The van der Waals surface area contributed by atoms with Gasteiger partial charge < -0.3 is 9.80 Å². The highest BCUT2D eigenvalue weighted by atomic mass is 35.5. The van der Waals surface area contributed by atoms with Crippen LogP contribution in [0.3, 0.4) is 0 Å². The van der Waals surface area contributed by atoms with Crippen LogP contribution in [0, 0.1) is 18.8 Å². The van der Waals surface area contributed by atoms with Crippen molar-refractivity contribution < 1.29 is 14.4 Å². The third kappa shape index (κ3) is 4.00. The Morgan fingerprint density at radius 2 is 1.66 bits per heavy atom. The first-order valence-electron chi connectivity index (χ1n) is 10.6. The minimum atomic E-state index is -0.143. The molecule has 3 aliphatic rings. The molecule has 1 aromatic carbocycles. The number of piperazine rings is 1. The molecule has 4 rings (SSSR count). The number of halogens is 1. The molecule has 1 aliphatic carbocycles. The van der Waals surface area contributed by atoms with Gasteiger partial charge in [-0.3, -0.25) is 19.3 Å². The summed E-state index contributed by atoms with van der Waals surface area (Å²) in [5.41, 5.74) is 2.28. The maximum atomic E-state index is 12.7. The Labute approximate surface area is 176 Å². The molecule has 7 heteroatoms. The number of fused-ring (bicyclic) bond motifs is 1. The lowest BCUT2D eigenvalue weighted by molar-refractivity contribution is -0.140. The number of amides is 3. The van der Waals surface area contributed by atoms with Gasteiger partial charge in [-0.2, -0.15) is 0 Å². The smallest absolute Gasteiger partial charge is 0.233 e. The third-order valence-electron chi connectivity index (χ3n) is 6.63. The Kier molecular flexibility index (Phi) is 5.81. The van der Waals surface area contributed by atoms with Gasteiger partial charge in [-0.1, -0.05) is 30.5 Å². The lowest BCUT2D eigenvalue weighted by atomic mass is 9.81. The highest BCUT2D eigenvalue weighted by molar-refractivity contribution is 6.30. The second-order valence-corrected chi connectivity index (χ2v) is 8.81. The number of hydrogen-bond donors (Lipinski definition) is 0.